The first-order valence-corrected chi connectivity index (χ1v) is 13.5. The first-order chi connectivity index (χ1) is 18.1. The number of ether oxygens (including phenoxy) is 2. The molecule has 1 saturated heterocycles. The first-order valence-electron chi connectivity index (χ1n) is 13.5. The van der Waals surface area contributed by atoms with Crippen LogP contribution in [0.5, 0.6) is 0 Å². The molecule has 1 aliphatic heterocycles. The monoisotopic (exact) mass is 519 g/mol. The summed E-state index contributed by atoms with van der Waals surface area (Å²) in [6, 6.07) is 17.6. The lowest BCUT2D eigenvalue weighted by molar-refractivity contribution is -0.146. The number of ketones is 1. The summed E-state index contributed by atoms with van der Waals surface area (Å²) >= 11 is 0. The highest BCUT2D eigenvalue weighted by molar-refractivity contribution is 5.96. The van der Waals surface area contributed by atoms with Crippen molar-refractivity contribution in [1.82, 2.24) is 4.90 Å². The highest BCUT2D eigenvalue weighted by atomic mass is 16.5. The molecule has 2 aromatic carbocycles. The lowest BCUT2D eigenvalue weighted by atomic mass is 9.84. The molecule has 0 N–H and O–H groups in total. The second-order valence-corrected chi connectivity index (χ2v) is 10.4. The van der Waals surface area contributed by atoms with Crippen LogP contribution in [0.1, 0.15) is 81.0 Å². The van der Waals surface area contributed by atoms with Crippen LogP contribution in [0.4, 0.5) is 0 Å². The van der Waals surface area contributed by atoms with E-state index in [9.17, 15) is 9.59 Å². The third kappa shape index (κ3) is 9.07. The summed E-state index contributed by atoms with van der Waals surface area (Å²) < 4.78 is 11.3. The Labute approximate surface area is 229 Å². The number of allylic oxidation sites excluding steroid dienone is 1. The van der Waals surface area contributed by atoms with Crippen molar-refractivity contribution in [3.8, 4) is 0 Å². The number of piperidine rings is 1. The quantitative estimate of drug-likeness (QED) is 0.180. The van der Waals surface area contributed by atoms with E-state index in [0.717, 1.165) is 55.6 Å². The highest BCUT2D eigenvalue weighted by Crippen LogP contribution is 2.29. The molecule has 38 heavy (non-hydrogen) atoms. The highest BCUT2D eigenvalue weighted by Gasteiger charge is 2.31. The molecule has 3 rings (SSSR count). The number of esters is 1. The molecule has 0 amide bonds. The summed E-state index contributed by atoms with van der Waals surface area (Å²) in [6.07, 6.45) is 5.24. The Hall–Kier alpha value is -3.02. The van der Waals surface area contributed by atoms with Gasteiger partial charge in [-0.05, 0) is 70.2 Å². The van der Waals surface area contributed by atoms with Crippen LogP contribution in [0.2, 0.25) is 0 Å². The predicted molar refractivity (Wildman–Crippen MR) is 155 cm³/mol. The zero-order chi connectivity index (χ0) is 28.1. The fourth-order valence-electron chi connectivity index (χ4n) is 4.62. The molecule has 5 nitrogen and oxygen atoms in total. The summed E-state index contributed by atoms with van der Waals surface area (Å²) in [7, 11) is 1.39. The van der Waals surface area contributed by atoms with Gasteiger partial charge in [0.05, 0.1) is 18.6 Å². The standard InChI is InChI=1S/C30H39NO4.C3H6/c1-22(2)28(24-10-7-6-8-11-24)35-26-17-20-31(21-18-26)19-9-12-27(32)23-13-15-25(16-14-23)30(3,4)29(33)34-5;1-3-2/h6-8,10-11,13-16,26,28H,1,9,12,17-21H2,2-5H3;3H,1H2,2H3. The third-order valence-electron chi connectivity index (χ3n) is 6.92. The number of hydrogen-bond acceptors (Lipinski definition) is 5. The van der Waals surface area contributed by atoms with E-state index >= 15 is 0 Å². The Balaban J connectivity index is 0.00000161. The van der Waals surface area contributed by atoms with Crippen LogP contribution in [0, 0.1) is 0 Å². The van der Waals surface area contributed by atoms with E-state index in [1.807, 2.05) is 70.2 Å². The minimum atomic E-state index is -0.738. The van der Waals surface area contributed by atoms with E-state index in [0.29, 0.717) is 12.0 Å². The molecule has 1 atom stereocenters. The molecule has 1 aliphatic rings. The van der Waals surface area contributed by atoms with Crippen molar-refractivity contribution in [1.29, 1.82) is 0 Å². The number of Topliss-reactive ketones (excluding diaryl/α,β-unsaturated/α-hetero) is 1. The Kier molecular flexibility index (Phi) is 12.6. The molecule has 1 heterocycles. The van der Waals surface area contributed by atoms with E-state index in [-0.39, 0.29) is 24.0 Å². The predicted octanol–water partition coefficient (Wildman–Crippen LogP) is 7.09. The van der Waals surface area contributed by atoms with Gasteiger partial charge in [0.2, 0.25) is 0 Å². The number of carbonyl (C=O) groups excluding carboxylic acids is 2. The van der Waals surface area contributed by atoms with Crippen LogP contribution in [0.15, 0.2) is 79.4 Å². The largest absolute Gasteiger partial charge is 0.468 e. The van der Waals surface area contributed by atoms with Gasteiger partial charge in [-0.3, -0.25) is 9.59 Å². The van der Waals surface area contributed by atoms with Crippen LogP contribution in [-0.2, 0) is 19.7 Å². The molecule has 2 aromatic rings. The third-order valence-corrected chi connectivity index (χ3v) is 6.92. The Morgan fingerprint density at radius 1 is 1.08 bits per heavy atom. The van der Waals surface area contributed by atoms with Crippen LogP contribution >= 0.6 is 0 Å². The zero-order valence-electron chi connectivity index (χ0n) is 23.9. The van der Waals surface area contributed by atoms with Crippen LogP contribution in [-0.4, -0.2) is 49.5 Å². The summed E-state index contributed by atoms with van der Waals surface area (Å²) in [5, 5.41) is 0. The molecular formula is C33H45NO4. The van der Waals surface area contributed by atoms with Crippen molar-refractivity contribution < 1.29 is 19.1 Å². The van der Waals surface area contributed by atoms with Crippen molar-refractivity contribution in [3.05, 3.63) is 96.1 Å². The summed E-state index contributed by atoms with van der Waals surface area (Å²) in [4.78, 5) is 27.1. The van der Waals surface area contributed by atoms with Gasteiger partial charge in [0.15, 0.2) is 5.78 Å². The number of benzene rings is 2. The summed E-state index contributed by atoms with van der Waals surface area (Å²) in [5.74, 6) is -0.154. The molecule has 0 saturated carbocycles. The maximum absolute atomic E-state index is 12.7. The van der Waals surface area contributed by atoms with E-state index in [1.54, 1.807) is 6.08 Å². The molecule has 0 aliphatic carbocycles. The topological polar surface area (TPSA) is 55.8 Å². The second-order valence-electron chi connectivity index (χ2n) is 10.4. The summed E-state index contributed by atoms with van der Waals surface area (Å²) in [5.41, 5.74) is 2.97. The first kappa shape index (κ1) is 31.2. The molecule has 206 valence electrons. The molecule has 0 aromatic heterocycles. The fraction of sp³-hybridized carbons (Fsp3) is 0.455. The molecule has 1 fully saturated rings. The molecular weight excluding hydrogens is 474 g/mol. The van der Waals surface area contributed by atoms with Crippen LogP contribution in [0.3, 0.4) is 0 Å². The van der Waals surface area contributed by atoms with E-state index in [2.05, 4.69) is 30.2 Å². The zero-order valence-corrected chi connectivity index (χ0v) is 23.9. The maximum atomic E-state index is 12.7. The summed E-state index contributed by atoms with van der Waals surface area (Å²) in [6.45, 7) is 17.9. The normalized spacial score (nSPS) is 15.1. The van der Waals surface area contributed by atoms with Gasteiger partial charge in [-0.15, -0.1) is 6.58 Å². The van der Waals surface area contributed by atoms with Gasteiger partial charge in [0.1, 0.15) is 6.10 Å². The molecule has 1 unspecified atom stereocenters. The van der Waals surface area contributed by atoms with Crippen LogP contribution in [0.25, 0.3) is 0 Å². The lowest BCUT2D eigenvalue weighted by Gasteiger charge is -2.34. The van der Waals surface area contributed by atoms with Crippen molar-refractivity contribution in [2.75, 3.05) is 26.7 Å². The van der Waals surface area contributed by atoms with E-state index in [4.69, 9.17) is 9.47 Å². The van der Waals surface area contributed by atoms with E-state index in [1.165, 1.54) is 7.11 Å². The average molecular weight is 520 g/mol. The Bertz CT molecular complexity index is 1030. The molecule has 0 spiro atoms. The second kappa shape index (κ2) is 15.4. The van der Waals surface area contributed by atoms with Crippen LogP contribution < -0.4 is 0 Å². The maximum Gasteiger partial charge on any atom is 0.315 e. The number of likely N-dealkylation sites (tertiary alicyclic amines) is 1. The van der Waals surface area contributed by atoms with Gasteiger partial charge in [-0.25, -0.2) is 0 Å². The van der Waals surface area contributed by atoms with Gasteiger partial charge < -0.3 is 14.4 Å². The molecule has 0 bridgehead atoms. The number of methoxy groups -OCH3 is 1. The van der Waals surface area contributed by atoms with Crippen molar-refractivity contribution in [3.63, 3.8) is 0 Å². The molecule has 0 radical (unpaired) electrons. The van der Waals surface area contributed by atoms with Crippen molar-refractivity contribution >= 4 is 11.8 Å². The van der Waals surface area contributed by atoms with Crippen molar-refractivity contribution in [2.45, 2.75) is 71.0 Å². The number of nitrogens with zero attached hydrogens (tertiary/aromatic N) is 1. The minimum absolute atomic E-state index is 0.0602. The Morgan fingerprint density at radius 3 is 2.18 bits per heavy atom. The van der Waals surface area contributed by atoms with Gasteiger partial charge in [-0.1, -0.05) is 67.3 Å². The van der Waals surface area contributed by atoms with Crippen molar-refractivity contribution in [2.24, 2.45) is 0 Å². The smallest absolute Gasteiger partial charge is 0.315 e. The van der Waals surface area contributed by atoms with Gasteiger partial charge in [-0.2, -0.15) is 0 Å². The Morgan fingerprint density at radius 2 is 1.66 bits per heavy atom. The van der Waals surface area contributed by atoms with Gasteiger partial charge >= 0.3 is 5.97 Å². The average Bonchev–Trinajstić information content (AvgIpc) is 2.92. The van der Waals surface area contributed by atoms with Gasteiger partial charge in [0, 0.05) is 25.1 Å². The molecule has 5 heteroatoms. The lowest BCUT2D eigenvalue weighted by Crippen LogP contribution is -2.38. The number of rotatable bonds is 11. The van der Waals surface area contributed by atoms with Gasteiger partial charge in [0.25, 0.3) is 0 Å². The minimum Gasteiger partial charge on any atom is -0.468 e. The fourth-order valence-corrected chi connectivity index (χ4v) is 4.62. The SMILES string of the molecule is C=C(C)C(OC1CCN(CCCC(=O)c2ccc(C(C)(C)C(=O)OC)cc2)CC1)c1ccccc1.C=CC. The van der Waals surface area contributed by atoms with E-state index < -0.39 is 5.41 Å². The number of carbonyl (C=O) groups is 2. The number of hydrogen-bond donors (Lipinski definition) is 0.